The lowest BCUT2D eigenvalue weighted by Gasteiger charge is -1.73. The maximum absolute atomic E-state index is 9.88. The molecular weight excluding hydrogens is 116 g/mol. The van der Waals surface area contributed by atoms with Crippen LogP contribution in [-0.2, 0) is 10.0 Å². The first-order valence-corrected chi connectivity index (χ1v) is 3.25. The number of nitrogens with zero attached hydrogens (tertiary/aromatic N) is 1. The van der Waals surface area contributed by atoms with Crippen LogP contribution in [0.25, 0.3) is 0 Å². The van der Waals surface area contributed by atoms with E-state index in [4.69, 9.17) is 5.41 Å². The molecule has 0 spiro atoms. The molecule has 0 saturated heterocycles. The van der Waals surface area contributed by atoms with E-state index in [1.165, 1.54) is 6.01 Å². The summed E-state index contributed by atoms with van der Waals surface area (Å²) in [5.41, 5.74) is 0. The van der Waals surface area contributed by atoms with Crippen LogP contribution in [0.5, 0.6) is 0 Å². The Morgan fingerprint density at radius 3 is 2.14 bits per heavy atom. The minimum Gasteiger partial charge on any atom is -0.241 e. The Morgan fingerprint density at radius 1 is 1.71 bits per heavy atom. The highest BCUT2D eigenvalue weighted by atomic mass is 32.2. The van der Waals surface area contributed by atoms with Crippen LogP contribution in [0.3, 0.4) is 0 Å². The summed E-state index contributed by atoms with van der Waals surface area (Å²) in [5, 5.41) is 6.06. The highest BCUT2D eigenvalue weighted by molar-refractivity contribution is 7.89. The smallest absolute Gasteiger partial charge is 0.241 e. The van der Waals surface area contributed by atoms with Crippen LogP contribution < -0.4 is 0 Å². The molecule has 0 atom stereocenters. The zero-order chi connectivity index (χ0) is 5.91. The Balaban J connectivity index is 4.44. The van der Waals surface area contributed by atoms with Gasteiger partial charge in [-0.05, 0) is 0 Å². The van der Waals surface area contributed by atoms with Gasteiger partial charge in [-0.15, -0.1) is 0 Å². The van der Waals surface area contributed by atoms with Crippen LogP contribution in [0, 0.1) is 5.41 Å². The second kappa shape index (κ2) is 1.86. The molecule has 40 valence electrons. The minimum absolute atomic E-state index is 0.897. The average Bonchev–Trinajstić information content (AvgIpc) is 1.30. The van der Waals surface area contributed by atoms with Crippen molar-refractivity contribution in [3.05, 3.63) is 0 Å². The van der Waals surface area contributed by atoms with E-state index in [-0.39, 0.29) is 0 Å². The van der Waals surface area contributed by atoms with Crippen molar-refractivity contribution >= 4 is 16.0 Å². The quantitative estimate of drug-likeness (QED) is 0.482. The molecule has 0 aliphatic carbocycles. The van der Waals surface area contributed by atoms with Crippen LogP contribution >= 0.6 is 0 Å². The third kappa shape index (κ3) is 5.33. The third-order valence-electron chi connectivity index (χ3n) is 0.211. The van der Waals surface area contributed by atoms with Gasteiger partial charge in [0.05, 0.1) is 6.26 Å². The predicted octanol–water partition coefficient (Wildman–Crippen LogP) is -0.301. The lowest BCUT2D eigenvalue weighted by molar-refractivity contribution is 0.604. The number of nitrogens with one attached hydrogen (secondary N) is 1. The van der Waals surface area contributed by atoms with E-state index in [0.29, 0.717) is 0 Å². The molecule has 0 aromatic rings. The fourth-order valence-corrected chi connectivity index (χ4v) is 0.249. The molecular formula is C2H4N2O2S. The van der Waals surface area contributed by atoms with Gasteiger partial charge < -0.3 is 0 Å². The van der Waals surface area contributed by atoms with Crippen LogP contribution in [0.1, 0.15) is 0 Å². The summed E-state index contributed by atoms with van der Waals surface area (Å²) < 4.78 is 22.4. The van der Waals surface area contributed by atoms with Crippen molar-refractivity contribution in [2.24, 2.45) is 4.40 Å². The molecule has 0 bridgehead atoms. The standard InChI is InChI=1S/C2H4N2O2S/c1-7(5,6)4-2-3/h3H,1H3. The van der Waals surface area contributed by atoms with E-state index in [1.807, 2.05) is 0 Å². The highest BCUT2D eigenvalue weighted by Crippen LogP contribution is 1.76. The number of sulfonamides is 1. The van der Waals surface area contributed by atoms with Gasteiger partial charge in [-0.2, -0.15) is 0 Å². The van der Waals surface area contributed by atoms with Crippen molar-refractivity contribution in [1.82, 2.24) is 0 Å². The number of rotatable bonds is 1. The molecule has 0 rings (SSSR count). The Morgan fingerprint density at radius 2 is 2.14 bits per heavy atom. The lowest BCUT2D eigenvalue weighted by Crippen LogP contribution is -1.86. The van der Waals surface area contributed by atoms with Gasteiger partial charge in [0.1, 0.15) is 6.01 Å². The molecule has 4 nitrogen and oxygen atoms in total. The molecule has 0 saturated carbocycles. The van der Waals surface area contributed by atoms with Crippen molar-refractivity contribution < 1.29 is 8.42 Å². The van der Waals surface area contributed by atoms with Gasteiger partial charge in [-0.3, -0.25) is 0 Å². The van der Waals surface area contributed by atoms with Crippen molar-refractivity contribution in [3.8, 4) is 0 Å². The van der Waals surface area contributed by atoms with Gasteiger partial charge in [0, 0.05) is 0 Å². The van der Waals surface area contributed by atoms with Crippen LogP contribution in [0.4, 0.5) is 0 Å². The van der Waals surface area contributed by atoms with Gasteiger partial charge in [-0.1, -0.05) is 4.40 Å². The van der Waals surface area contributed by atoms with E-state index < -0.39 is 10.0 Å². The van der Waals surface area contributed by atoms with E-state index in [0.717, 1.165) is 6.26 Å². The molecule has 0 heterocycles. The number of hydrogen-bond acceptors (Lipinski definition) is 3. The Bertz CT molecular complexity index is 186. The van der Waals surface area contributed by atoms with E-state index in [2.05, 4.69) is 4.40 Å². The van der Waals surface area contributed by atoms with Crippen molar-refractivity contribution in [3.63, 3.8) is 0 Å². The van der Waals surface area contributed by atoms with Gasteiger partial charge >= 0.3 is 0 Å². The summed E-state index contributed by atoms with van der Waals surface area (Å²) in [6.45, 7) is 0. The molecule has 0 aliphatic heterocycles. The first kappa shape index (κ1) is 6.33. The number of hydrogen-bond donors (Lipinski definition) is 1. The molecule has 0 amide bonds. The fraction of sp³-hybridized carbons (Fsp3) is 0.500. The molecule has 0 aromatic carbocycles. The monoisotopic (exact) mass is 120 g/mol. The molecule has 0 fully saturated rings. The van der Waals surface area contributed by atoms with E-state index in [1.54, 1.807) is 0 Å². The summed E-state index contributed by atoms with van der Waals surface area (Å²) in [6, 6.07) is 1.39. The summed E-state index contributed by atoms with van der Waals surface area (Å²) in [7, 11) is -3.35. The van der Waals surface area contributed by atoms with E-state index in [9.17, 15) is 8.42 Å². The molecule has 0 radical (unpaired) electrons. The van der Waals surface area contributed by atoms with Gasteiger partial charge in [0.2, 0.25) is 0 Å². The van der Waals surface area contributed by atoms with Crippen LogP contribution in [0.15, 0.2) is 4.40 Å². The zero-order valence-corrected chi connectivity index (χ0v) is 4.49. The van der Waals surface area contributed by atoms with Crippen molar-refractivity contribution in [2.75, 3.05) is 6.26 Å². The zero-order valence-electron chi connectivity index (χ0n) is 3.67. The highest BCUT2D eigenvalue weighted by Gasteiger charge is 1.89. The molecule has 1 N–H and O–H groups in total. The van der Waals surface area contributed by atoms with Gasteiger partial charge in [0.15, 0.2) is 0 Å². The fourth-order valence-electron chi connectivity index (χ4n) is 0.0829. The summed E-state index contributed by atoms with van der Waals surface area (Å²) in [5.74, 6) is 0. The maximum atomic E-state index is 9.88. The van der Waals surface area contributed by atoms with Crippen molar-refractivity contribution in [2.45, 2.75) is 0 Å². The maximum Gasteiger partial charge on any atom is 0.259 e. The van der Waals surface area contributed by atoms with Crippen LogP contribution in [-0.4, -0.2) is 20.7 Å². The largest absolute Gasteiger partial charge is 0.259 e. The van der Waals surface area contributed by atoms with Crippen molar-refractivity contribution in [1.29, 1.82) is 5.41 Å². The molecule has 7 heavy (non-hydrogen) atoms. The summed E-state index contributed by atoms with van der Waals surface area (Å²) >= 11 is 0. The van der Waals surface area contributed by atoms with Gasteiger partial charge in [-0.25, -0.2) is 13.8 Å². The Kier molecular flexibility index (Phi) is 1.68. The third-order valence-corrected chi connectivity index (χ3v) is 0.634. The average molecular weight is 120 g/mol. The summed E-state index contributed by atoms with van der Waals surface area (Å²) in [6.07, 6.45) is 0.897. The first-order chi connectivity index (χ1) is 3.06. The normalized spacial score (nSPS) is 9.86. The van der Waals surface area contributed by atoms with Crippen LogP contribution in [0.2, 0.25) is 0 Å². The first-order valence-electron chi connectivity index (χ1n) is 1.40. The topological polar surface area (TPSA) is 70.3 Å². The second-order valence-corrected chi connectivity index (χ2v) is 2.58. The molecule has 5 heteroatoms. The Labute approximate surface area is 41.4 Å². The second-order valence-electron chi connectivity index (χ2n) is 0.936. The minimum atomic E-state index is -3.35. The molecule has 0 aliphatic rings. The summed E-state index contributed by atoms with van der Waals surface area (Å²) in [4.78, 5) is 0. The Hall–Kier alpha value is -0.670. The predicted molar refractivity (Wildman–Crippen MR) is 25.0 cm³/mol. The lowest BCUT2D eigenvalue weighted by atomic mass is 11.6. The SMILES string of the molecule is CS(=O)(=O)N=C=N. The molecule has 0 unspecified atom stereocenters. The molecule has 0 aromatic heterocycles. The van der Waals surface area contributed by atoms with E-state index >= 15 is 0 Å². The van der Waals surface area contributed by atoms with Gasteiger partial charge in [0.25, 0.3) is 10.0 Å².